The molecule has 0 aliphatic carbocycles. The van der Waals surface area contributed by atoms with E-state index in [0.29, 0.717) is 25.2 Å². The van der Waals surface area contributed by atoms with E-state index in [9.17, 15) is 4.79 Å². The van der Waals surface area contributed by atoms with Crippen LogP contribution >= 0.6 is 0 Å². The van der Waals surface area contributed by atoms with Crippen LogP contribution in [0, 0.1) is 6.92 Å². The smallest absolute Gasteiger partial charge is 0.305 e. The number of aryl methyl sites for hydroxylation is 2. The van der Waals surface area contributed by atoms with Gasteiger partial charge in [0.05, 0.1) is 6.42 Å². The summed E-state index contributed by atoms with van der Waals surface area (Å²) >= 11 is 0. The van der Waals surface area contributed by atoms with E-state index in [2.05, 4.69) is 10.2 Å². The highest BCUT2D eigenvalue weighted by molar-refractivity contribution is 5.66. The fraction of sp³-hybridized carbons (Fsp3) is 0.667. The molecule has 0 aliphatic rings. The number of aliphatic carboxylic acids is 1. The lowest BCUT2D eigenvalue weighted by atomic mass is 10.3. The Hall–Kier alpha value is -1.43. The molecule has 2 N–H and O–H groups in total. The van der Waals surface area contributed by atoms with E-state index in [4.69, 9.17) is 10.2 Å². The Morgan fingerprint density at radius 1 is 1.47 bits per heavy atom. The van der Waals surface area contributed by atoms with Gasteiger partial charge in [-0.3, -0.25) is 4.79 Å². The lowest BCUT2D eigenvalue weighted by molar-refractivity contribution is -0.137. The lowest BCUT2D eigenvalue weighted by Gasteiger charge is -2.05. The van der Waals surface area contributed by atoms with Crippen molar-refractivity contribution in [2.45, 2.75) is 32.7 Å². The van der Waals surface area contributed by atoms with Gasteiger partial charge in [-0.2, -0.15) is 0 Å². The Balaban J connectivity index is 2.66. The summed E-state index contributed by atoms with van der Waals surface area (Å²) in [4.78, 5) is 10.4. The molecule has 0 saturated carbocycles. The van der Waals surface area contributed by atoms with Crippen LogP contribution in [0.4, 0.5) is 0 Å². The second-order valence-electron chi connectivity index (χ2n) is 3.29. The maximum absolute atomic E-state index is 10.4. The maximum atomic E-state index is 10.4. The third-order valence-corrected chi connectivity index (χ3v) is 2.12. The zero-order valence-corrected chi connectivity index (χ0v) is 8.68. The summed E-state index contributed by atoms with van der Waals surface area (Å²) in [7, 11) is 0. The first-order chi connectivity index (χ1) is 7.15. The van der Waals surface area contributed by atoms with Gasteiger partial charge in [-0.15, -0.1) is 10.2 Å². The number of rotatable bonds is 6. The number of nitrogens with zero attached hydrogens (tertiary/aromatic N) is 3. The molecular formula is C9H15N3O3. The van der Waals surface area contributed by atoms with Gasteiger partial charge in [0.15, 0.2) is 0 Å². The van der Waals surface area contributed by atoms with E-state index in [-0.39, 0.29) is 13.0 Å². The molecule has 0 unspecified atom stereocenters. The van der Waals surface area contributed by atoms with Gasteiger partial charge in [0, 0.05) is 19.6 Å². The van der Waals surface area contributed by atoms with E-state index in [1.807, 2.05) is 0 Å². The molecule has 1 rings (SSSR count). The zero-order chi connectivity index (χ0) is 11.3. The molecule has 1 aromatic heterocycles. The van der Waals surface area contributed by atoms with Crippen LogP contribution in [0.5, 0.6) is 0 Å². The standard InChI is InChI=1S/C9H15N3O3/c1-7-10-11-8(3-2-6-13)12(7)5-4-9(14)15/h13H,2-6H2,1H3,(H,14,15). The van der Waals surface area contributed by atoms with Gasteiger partial charge in [0.25, 0.3) is 0 Å². The number of hydrogen-bond donors (Lipinski definition) is 2. The van der Waals surface area contributed by atoms with Gasteiger partial charge in [-0.1, -0.05) is 0 Å². The van der Waals surface area contributed by atoms with E-state index in [1.54, 1.807) is 11.5 Å². The van der Waals surface area contributed by atoms with Crippen LogP contribution in [0.2, 0.25) is 0 Å². The van der Waals surface area contributed by atoms with Crippen molar-refractivity contribution in [2.24, 2.45) is 0 Å². The molecule has 0 spiro atoms. The first kappa shape index (κ1) is 11.6. The highest BCUT2D eigenvalue weighted by atomic mass is 16.4. The zero-order valence-electron chi connectivity index (χ0n) is 8.68. The predicted octanol–water partition coefficient (Wildman–Crippen LogP) is -0.0139. The third kappa shape index (κ3) is 3.32. The molecular weight excluding hydrogens is 198 g/mol. The molecule has 1 aromatic rings. The van der Waals surface area contributed by atoms with Crippen molar-refractivity contribution >= 4 is 5.97 Å². The number of aliphatic hydroxyl groups is 1. The van der Waals surface area contributed by atoms with Crippen LogP contribution in [-0.2, 0) is 17.8 Å². The van der Waals surface area contributed by atoms with Crippen LogP contribution < -0.4 is 0 Å². The normalized spacial score (nSPS) is 10.5. The van der Waals surface area contributed by atoms with Crippen LogP contribution in [0.3, 0.4) is 0 Å². The molecule has 6 heteroatoms. The Morgan fingerprint density at radius 2 is 2.20 bits per heavy atom. The summed E-state index contributed by atoms with van der Waals surface area (Å²) in [6.45, 7) is 2.27. The van der Waals surface area contributed by atoms with Gasteiger partial charge in [0.2, 0.25) is 0 Å². The number of aromatic nitrogens is 3. The fourth-order valence-corrected chi connectivity index (χ4v) is 1.35. The average Bonchev–Trinajstić information content (AvgIpc) is 2.53. The second kappa shape index (κ2) is 5.45. The first-order valence-electron chi connectivity index (χ1n) is 4.86. The van der Waals surface area contributed by atoms with Gasteiger partial charge >= 0.3 is 5.97 Å². The summed E-state index contributed by atoms with van der Waals surface area (Å²) in [5, 5.41) is 25.1. The molecule has 0 bridgehead atoms. The summed E-state index contributed by atoms with van der Waals surface area (Å²) < 4.78 is 1.78. The third-order valence-electron chi connectivity index (χ3n) is 2.12. The van der Waals surface area contributed by atoms with Crippen molar-refractivity contribution < 1.29 is 15.0 Å². The average molecular weight is 213 g/mol. The second-order valence-corrected chi connectivity index (χ2v) is 3.29. The van der Waals surface area contributed by atoms with Gasteiger partial charge in [-0.25, -0.2) is 0 Å². The quantitative estimate of drug-likeness (QED) is 0.693. The molecule has 0 saturated heterocycles. The number of carbonyl (C=O) groups is 1. The summed E-state index contributed by atoms with van der Waals surface area (Å²) in [6, 6.07) is 0. The van der Waals surface area contributed by atoms with Gasteiger partial charge < -0.3 is 14.8 Å². The first-order valence-corrected chi connectivity index (χ1v) is 4.86. The highest BCUT2D eigenvalue weighted by Crippen LogP contribution is 2.05. The fourth-order valence-electron chi connectivity index (χ4n) is 1.35. The van der Waals surface area contributed by atoms with Crippen molar-refractivity contribution in [1.29, 1.82) is 0 Å². The topological polar surface area (TPSA) is 88.2 Å². The van der Waals surface area contributed by atoms with E-state index in [1.165, 1.54) is 0 Å². The molecule has 0 aliphatic heterocycles. The van der Waals surface area contributed by atoms with Crippen LogP contribution in [0.1, 0.15) is 24.5 Å². The molecule has 84 valence electrons. The molecule has 6 nitrogen and oxygen atoms in total. The van der Waals surface area contributed by atoms with Crippen molar-refractivity contribution in [3.05, 3.63) is 11.6 Å². The highest BCUT2D eigenvalue weighted by Gasteiger charge is 2.09. The molecule has 0 atom stereocenters. The molecule has 0 amide bonds. The van der Waals surface area contributed by atoms with Crippen molar-refractivity contribution in [3.8, 4) is 0 Å². The Labute approximate surface area is 87.6 Å². The number of carboxylic acids is 1. The summed E-state index contributed by atoms with van der Waals surface area (Å²) in [6.07, 6.45) is 1.30. The van der Waals surface area contributed by atoms with Crippen molar-refractivity contribution in [3.63, 3.8) is 0 Å². The lowest BCUT2D eigenvalue weighted by Crippen LogP contribution is -2.10. The molecule has 0 radical (unpaired) electrons. The molecule has 0 aromatic carbocycles. The van der Waals surface area contributed by atoms with E-state index >= 15 is 0 Å². The van der Waals surface area contributed by atoms with Crippen molar-refractivity contribution in [1.82, 2.24) is 14.8 Å². The minimum absolute atomic E-state index is 0.0605. The summed E-state index contributed by atoms with van der Waals surface area (Å²) in [5.41, 5.74) is 0. The van der Waals surface area contributed by atoms with Crippen LogP contribution in [0.15, 0.2) is 0 Å². The summed E-state index contributed by atoms with van der Waals surface area (Å²) in [5.74, 6) is 0.614. The number of carboxylic acid groups (broad SMARTS) is 1. The Bertz CT molecular complexity index is 335. The molecule has 0 fully saturated rings. The maximum Gasteiger partial charge on any atom is 0.305 e. The largest absolute Gasteiger partial charge is 0.481 e. The van der Waals surface area contributed by atoms with Gasteiger partial charge in [-0.05, 0) is 13.3 Å². The van der Waals surface area contributed by atoms with Crippen LogP contribution in [0.25, 0.3) is 0 Å². The predicted molar refractivity (Wildman–Crippen MR) is 52.4 cm³/mol. The number of hydrogen-bond acceptors (Lipinski definition) is 4. The van der Waals surface area contributed by atoms with E-state index < -0.39 is 5.97 Å². The minimum atomic E-state index is -0.837. The van der Waals surface area contributed by atoms with Crippen molar-refractivity contribution in [2.75, 3.05) is 6.61 Å². The van der Waals surface area contributed by atoms with E-state index in [0.717, 1.165) is 5.82 Å². The van der Waals surface area contributed by atoms with Gasteiger partial charge in [0.1, 0.15) is 11.6 Å². The van der Waals surface area contributed by atoms with Crippen LogP contribution in [-0.4, -0.2) is 37.6 Å². The molecule has 1 heterocycles. The monoisotopic (exact) mass is 213 g/mol. The molecule has 15 heavy (non-hydrogen) atoms. The Morgan fingerprint density at radius 3 is 2.80 bits per heavy atom. The SMILES string of the molecule is Cc1nnc(CCCO)n1CCC(=O)O. The Kier molecular flexibility index (Phi) is 4.23. The number of aliphatic hydroxyl groups excluding tert-OH is 1. The minimum Gasteiger partial charge on any atom is -0.481 e.